The van der Waals surface area contributed by atoms with Crippen LogP contribution in [0.3, 0.4) is 0 Å². The molecule has 1 aromatic carbocycles. The summed E-state index contributed by atoms with van der Waals surface area (Å²) in [5, 5.41) is 3.51. The number of nitrogens with one attached hydrogen (secondary N) is 1. The molecule has 4 rings (SSSR count). The van der Waals surface area contributed by atoms with E-state index in [2.05, 4.69) is 65.2 Å². The van der Waals surface area contributed by atoms with E-state index in [1.54, 1.807) is 0 Å². The molecule has 1 atom stereocenters. The Morgan fingerprint density at radius 3 is 2.45 bits per heavy atom. The third kappa shape index (κ3) is 5.04. The first-order valence-electron chi connectivity index (χ1n) is 11.7. The predicted molar refractivity (Wildman–Crippen MR) is 119 cm³/mol. The Labute approximate surface area is 184 Å². The second kappa shape index (κ2) is 8.91. The Morgan fingerprint density at radius 1 is 1.03 bits per heavy atom. The van der Waals surface area contributed by atoms with Gasteiger partial charge in [-0.3, -0.25) is 4.90 Å². The molecular formula is C24H37F3N4. The fraction of sp³-hybridized carbons (Fsp3) is 0.750. The van der Waals surface area contributed by atoms with Gasteiger partial charge in [-0.1, -0.05) is 12.1 Å². The third-order valence-corrected chi connectivity index (χ3v) is 7.57. The molecule has 1 saturated carbocycles. The van der Waals surface area contributed by atoms with E-state index in [0.717, 1.165) is 39.3 Å². The van der Waals surface area contributed by atoms with E-state index in [1.165, 1.54) is 11.3 Å². The van der Waals surface area contributed by atoms with Gasteiger partial charge in [0.05, 0.1) is 5.92 Å². The number of hydrogen-bond donors (Lipinski definition) is 1. The smallest absolute Gasteiger partial charge is 0.364 e. The molecule has 0 aromatic heterocycles. The topological polar surface area (TPSA) is 21.8 Å². The first-order chi connectivity index (χ1) is 14.6. The number of nitrogens with zero attached hydrogens (tertiary/aromatic N) is 3. The van der Waals surface area contributed by atoms with Crippen molar-refractivity contribution >= 4 is 5.69 Å². The molecule has 1 aliphatic carbocycles. The quantitative estimate of drug-likeness (QED) is 0.760. The summed E-state index contributed by atoms with van der Waals surface area (Å²) in [6, 6.07) is 9.32. The van der Waals surface area contributed by atoms with Gasteiger partial charge in [0.25, 0.3) is 0 Å². The highest BCUT2D eigenvalue weighted by molar-refractivity contribution is 5.52. The van der Waals surface area contributed by atoms with Gasteiger partial charge in [0.15, 0.2) is 0 Å². The number of alkyl halides is 3. The molecule has 7 heteroatoms. The molecule has 0 radical (unpaired) electrons. The van der Waals surface area contributed by atoms with Crippen LogP contribution in [0.15, 0.2) is 24.3 Å². The zero-order chi connectivity index (χ0) is 22.2. The Kier molecular flexibility index (Phi) is 6.57. The Morgan fingerprint density at radius 2 is 1.77 bits per heavy atom. The van der Waals surface area contributed by atoms with Crippen LogP contribution in [0.5, 0.6) is 0 Å². The highest BCUT2D eigenvalue weighted by Gasteiger charge is 2.43. The zero-order valence-corrected chi connectivity index (χ0v) is 19.1. The summed E-state index contributed by atoms with van der Waals surface area (Å²) in [5.74, 6) is -1.12. The number of benzene rings is 1. The van der Waals surface area contributed by atoms with Gasteiger partial charge in [-0.25, -0.2) is 0 Å². The van der Waals surface area contributed by atoms with Gasteiger partial charge >= 0.3 is 6.18 Å². The first-order valence-corrected chi connectivity index (χ1v) is 11.7. The van der Waals surface area contributed by atoms with Crippen molar-refractivity contribution in [3.05, 3.63) is 29.8 Å². The fourth-order valence-electron chi connectivity index (χ4n) is 5.98. The monoisotopic (exact) mass is 438 g/mol. The Balaban J connectivity index is 1.51. The van der Waals surface area contributed by atoms with E-state index in [4.69, 9.17) is 0 Å². The SMILES string of the molecule is CN1CCN(c2cccc(C3CNCCN3C3CCC(C(F)(F)F)CC3)c2)C(C)(C)C1. The molecule has 0 amide bonds. The van der Waals surface area contributed by atoms with Crippen LogP contribution in [-0.2, 0) is 0 Å². The summed E-state index contributed by atoms with van der Waals surface area (Å²) >= 11 is 0. The molecule has 3 fully saturated rings. The summed E-state index contributed by atoms with van der Waals surface area (Å²) in [6.07, 6.45) is -2.23. The second-order valence-corrected chi connectivity index (χ2v) is 10.3. The zero-order valence-electron chi connectivity index (χ0n) is 19.1. The van der Waals surface area contributed by atoms with E-state index in [1.807, 2.05) is 0 Å². The number of rotatable bonds is 3. The molecule has 0 spiro atoms. The van der Waals surface area contributed by atoms with E-state index in [-0.39, 0.29) is 30.5 Å². The highest BCUT2D eigenvalue weighted by atomic mass is 19.4. The molecule has 1 aromatic rings. The van der Waals surface area contributed by atoms with Crippen LogP contribution in [0.25, 0.3) is 0 Å². The van der Waals surface area contributed by atoms with E-state index in [9.17, 15) is 13.2 Å². The minimum absolute atomic E-state index is 0.0616. The number of hydrogen-bond acceptors (Lipinski definition) is 4. The van der Waals surface area contributed by atoms with Crippen molar-refractivity contribution in [3.63, 3.8) is 0 Å². The van der Waals surface area contributed by atoms with Crippen molar-refractivity contribution in [2.24, 2.45) is 5.92 Å². The van der Waals surface area contributed by atoms with Gasteiger partial charge in [-0.05, 0) is 64.3 Å². The third-order valence-electron chi connectivity index (χ3n) is 7.57. The van der Waals surface area contributed by atoms with Crippen molar-refractivity contribution in [1.82, 2.24) is 15.1 Å². The Bertz CT molecular complexity index is 743. The van der Waals surface area contributed by atoms with Gasteiger partial charge in [0.2, 0.25) is 0 Å². The van der Waals surface area contributed by atoms with Crippen molar-refractivity contribution in [1.29, 1.82) is 0 Å². The van der Waals surface area contributed by atoms with Crippen LogP contribution in [0.4, 0.5) is 18.9 Å². The van der Waals surface area contributed by atoms with Crippen LogP contribution in [0, 0.1) is 5.92 Å². The number of anilines is 1. The lowest BCUT2D eigenvalue weighted by Crippen LogP contribution is -2.58. The van der Waals surface area contributed by atoms with Crippen molar-refractivity contribution in [2.75, 3.05) is 51.2 Å². The standard InChI is InChI=1S/C24H37F3N4/c1-23(2)17-29(3)13-14-31(23)21-6-4-5-18(15-21)22-16-28-11-12-30(22)20-9-7-19(8-10-20)24(25,26)27/h4-6,15,19-20,22,28H,7-14,16-17H2,1-3H3. The maximum absolute atomic E-state index is 13.1. The molecule has 2 aliphatic heterocycles. The number of piperazine rings is 2. The van der Waals surface area contributed by atoms with Crippen molar-refractivity contribution in [2.45, 2.75) is 63.3 Å². The van der Waals surface area contributed by atoms with Crippen LogP contribution in [0.2, 0.25) is 0 Å². The van der Waals surface area contributed by atoms with Gasteiger partial charge < -0.3 is 15.1 Å². The molecule has 31 heavy (non-hydrogen) atoms. The van der Waals surface area contributed by atoms with Gasteiger partial charge in [0.1, 0.15) is 0 Å². The summed E-state index contributed by atoms with van der Waals surface area (Å²) in [6.45, 7) is 10.3. The second-order valence-electron chi connectivity index (χ2n) is 10.3. The first kappa shape index (κ1) is 22.9. The number of likely N-dealkylation sites (N-methyl/N-ethyl adjacent to an activating group) is 1. The van der Waals surface area contributed by atoms with E-state index < -0.39 is 12.1 Å². The maximum atomic E-state index is 13.1. The molecule has 1 unspecified atom stereocenters. The summed E-state index contributed by atoms with van der Waals surface area (Å²) in [4.78, 5) is 7.37. The lowest BCUT2D eigenvalue weighted by atomic mass is 9.83. The van der Waals surface area contributed by atoms with Crippen LogP contribution in [0.1, 0.15) is 51.1 Å². The van der Waals surface area contributed by atoms with Gasteiger partial charge in [0, 0.05) is 62.6 Å². The largest absolute Gasteiger partial charge is 0.391 e. The minimum atomic E-state index is -4.04. The lowest BCUT2D eigenvalue weighted by Gasteiger charge is -2.48. The van der Waals surface area contributed by atoms with Crippen molar-refractivity contribution < 1.29 is 13.2 Å². The predicted octanol–water partition coefficient (Wildman–Crippen LogP) is 4.28. The highest BCUT2D eigenvalue weighted by Crippen LogP contribution is 2.41. The molecule has 1 N–H and O–H groups in total. The van der Waals surface area contributed by atoms with Crippen molar-refractivity contribution in [3.8, 4) is 0 Å². The van der Waals surface area contributed by atoms with E-state index >= 15 is 0 Å². The average Bonchev–Trinajstić information content (AvgIpc) is 2.72. The molecule has 4 nitrogen and oxygen atoms in total. The fourth-order valence-corrected chi connectivity index (χ4v) is 5.98. The maximum Gasteiger partial charge on any atom is 0.391 e. The molecule has 174 valence electrons. The normalized spacial score (nSPS) is 31.0. The minimum Gasteiger partial charge on any atom is -0.364 e. The van der Waals surface area contributed by atoms with E-state index in [0.29, 0.717) is 12.8 Å². The number of halogens is 3. The summed E-state index contributed by atoms with van der Waals surface area (Å²) in [7, 11) is 2.18. The lowest BCUT2D eigenvalue weighted by molar-refractivity contribution is -0.185. The summed E-state index contributed by atoms with van der Waals surface area (Å²) < 4.78 is 39.4. The molecule has 2 heterocycles. The molecule has 3 aliphatic rings. The molecule has 2 saturated heterocycles. The molecule has 0 bridgehead atoms. The molecular weight excluding hydrogens is 401 g/mol. The van der Waals surface area contributed by atoms with Crippen LogP contribution < -0.4 is 10.2 Å². The average molecular weight is 439 g/mol. The van der Waals surface area contributed by atoms with Crippen LogP contribution >= 0.6 is 0 Å². The Hall–Kier alpha value is -1.31. The summed E-state index contributed by atoms with van der Waals surface area (Å²) in [5.41, 5.74) is 2.59. The van der Waals surface area contributed by atoms with Gasteiger partial charge in [-0.2, -0.15) is 13.2 Å². The van der Waals surface area contributed by atoms with Gasteiger partial charge in [-0.15, -0.1) is 0 Å². The van der Waals surface area contributed by atoms with Crippen LogP contribution in [-0.4, -0.2) is 73.9 Å².